The fourth-order valence-electron chi connectivity index (χ4n) is 6.32. The van der Waals surface area contributed by atoms with Crippen molar-refractivity contribution in [2.75, 3.05) is 53.2 Å². The van der Waals surface area contributed by atoms with E-state index in [2.05, 4.69) is 18.7 Å². The van der Waals surface area contributed by atoms with Crippen LogP contribution in [-0.4, -0.2) is 96.8 Å². The van der Waals surface area contributed by atoms with Crippen molar-refractivity contribution in [3.05, 3.63) is 17.7 Å². The summed E-state index contributed by atoms with van der Waals surface area (Å²) in [4.78, 5) is 44.5. The number of fused-ring (bicyclic) bond motifs is 1. The first-order valence-electron chi connectivity index (χ1n) is 14.9. The van der Waals surface area contributed by atoms with Crippen LogP contribution in [0.2, 0.25) is 0 Å². The van der Waals surface area contributed by atoms with E-state index in [0.717, 1.165) is 57.3 Å². The third kappa shape index (κ3) is 6.82. The quantitative estimate of drug-likeness (QED) is 0.346. The minimum atomic E-state index is -0.882. The van der Waals surface area contributed by atoms with E-state index < -0.39 is 11.9 Å². The standard InChI is InChI=1S/C30H45N3O7/c1-4-6-12-32(13-7-5-2)27(35)19-33-18-22(21-16-24(38-3)29-25(17-21)39-20-40-29)28(30(36)37)23(33)10-8-14-31-15-9-11-26(31)34/h16-17,22-23,28H,4-15,18-20H2,1-3H3,(H,36,37)/t22-,23+,28?/m1/s1. The molecule has 1 aromatic carbocycles. The molecule has 3 heterocycles. The summed E-state index contributed by atoms with van der Waals surface area (Å²) in [6.07, 6.45) is 6.65. The Balaban J connectivity index is 1.59. The maximum absolute atomic E-state index is 13.6. The van der Waals surface area contributed by atoms with Crippen molar-refractivity contribution < 1.29 is 33.7 Å². The zero-order chi connectivity index (χ0) is 28.6. The van der Waals surface area contributed by atoms with Gasteiger partial charge in [0, 0.05) is 51.1 Å². The van der Waals surface area contributed by atoms with Gasteiger partial charge in [-0.2, -0.15) is 0 Å². The summed E-state index contributed by atoms with van der Waals surface area (Å²) in [6, 6.07) is 3.36. The second kappa shape index (κ2) is 14.1. The monoisotopic (exact) mass is 559 g/mol. The van der Waals surface area contributed by atoms with E-state index in [-0.39, 0.29) is 37.1 Å². The van der Waals surface area contributed by atoms with Crippen molar-refractivity contribution in [2.24, 2.45) is 5.92 Å². The third-order valence-electron chi connectivity index (χ3n) is 8.50. The lowest BCUT2D eigenvalue weighted by Gasteiger charge is -2.30. The number of amides is 2. The number of methoxy groups -OCH3 is 1. The third-order valence-corrected chi connectivity index (χ3v) is 8.50. The van der Waals surface area contributed by atoms with Gasteiger partial charge in [-0.3, -0.25) is 19.3 Å². The molecule has 0 radical (unpaired) electrons. The van der Waals surface area contributed by atoms with Crippen molar-refractivity contribution in [2.45, 2.75) is 77.2 Å². The lowest BCUT2D eigenvalue weighted by Crippen LogP contribution is -2.45. The summed E-state index contributed by atoms with van der Waals surface area (Å²) in [5, 5.41) is 10.5. The smallest absolute Gasteiger partial charge is 0.308 e. The maximum Gasteiger partial charge on any atom is 0.308 e. The number of carbonyl (C=O) groups is 3. The maximum atomic E-state index is 13.6. The fourth-order valence-corrected chi connectivity index (χ4v) is 6.32. The number of rotatable bonds is 15. The van der Waals surface area contributed by atoms with E-state index in [1.165, 1.54) is 0 Å². The van der Waals surface area contributed by atoms with E-state index in [1.807, 2.05) is 21.9 Å². The molecule has 2 amide bonds. The molecule has 0 aliphatic carbocycles. The van der Waals surface area contributed by atoms with Gasteiger partial charge in [-0.25, -0.2) is 0 Å². The van der Waals surface area contributed by atoms with Gasteiger partial charge >= 0.3 is 5.97 Å². The molecule has 10 heteroatoms. The predicted octanol–water partition coefficient (Wildman–Crippen LogP) is 3.72. The van der Waals surface area contributed by atoms with E-state index in [4.69, 9.17) is 14.2 Å². The fraction of sp³-hybridized carbons (Fsp3) is 0.700. The first-order valence-corrected chi connectivity index (χ1v) is 14.9. The number of ether oxygens (including phenoxy) is 3. The van der Waals surface area contributed by atoms with Gasteiger partial charge in [-0.15, -0.1) is 0 Å². The van der Waals surface area contributed by atoms with Crippen molar-refractivity contribution in [3.63, 3.8) is 0 Å². The molecule has 1 aromatic rings. The lowest BCUT2D eigenvalue weighted by atomic mass is 9.83. The molecule has 0 saturated carbocycles. The highest BCUT2D eigenvalue weighted by atomic mass is 16.7. The average molecular weight is 560 g/mol. The normalized spacial score (nSPS) is 22.2. The summed E-state index contributed by atoms with van der Waals surface area (Å²) in [6.45, 7) is 7.76. The average Bonchev–Trinajstić information content (AvgIpc) is 3.67. The molecule has 2 fully saturated rings. The van der Waals surface area contributed by atoms with E-state index in [0.29, 0.717) is 49.6 Å². The van der Waals surface area contributed by atoms with Crippen LogP contribution in [-0.2, 0) is 14.4 Å². The first kappa shape index (κ1) is 30.0. The minimum Gasteiger partial charge on any atom is -0.493 e. The van der Waals surface area contributed by atoms with Gasteiger partial charge in [0.05, 0.1) is 19.6 Å². The van der Waals surface area contributed by atoms with Gasteiger partial charge in [0.2, 0.25) is 24.4 Å². The lowest BCUT2D eigenvalue weighted by molar-refractivity contribution is -0.144. The number of hydrogen-bond donors (Lipinski definition) is 1. The topological polar surface area (TPSA) is 109 Å². The van der Waals surface area contributed by atoms with E-state index in [1.54, 1.807) is 7.11 Å². The van der Waals surface area contributed by atoms with Gasteiger partial charge in [0.15, 0.2) is 11.5 Å². The summed E-state index contributed by atoms with van der Waals surface area (Å²) in [7, 11) is 1.55. The molecule has 3 aliphatic heterocycles. The van der Waals surface area contributed by atoms with Crippen molar-refractivity contribution in [1.82, 2.24) is 14.7 Å². The summed E-state index contributed by atoms with van der Waals surface area (Å²) in [5.41, 5.74) is 0.803. The van der Waals surface area contributed by atoms with Crippen LogP contribution in [0.25, 0.3) is 0 Å². The van der Waals surface area contributed by atoms with Crippen LogP contribution < -0.4 is 14.2 Å². The van der Waals surface area contributed by atoms with Crippen LogP contribution in [0.5, 0.6) is 17.2 Å². The number of carboxylic acid groups (broad SMARTS) is 1. The van der Waals surface area contributed by atoms with Crippen LogP contribution in [0.15, 0.2) is 12.1 Å². The van der Waals surface area contributed by atoms with Gasteiger partial charge in [-0.05, 0) is 49.8 Å². The number of carboxylic acids is 1. The number of likely N-dealkylation sites (tertiary alicyclic amines) is 2. The highest BCUT2D eigenvalue weighted by molar-refractivity contribution is 5.79. The zero-order valence-electron chi connectivity index (χ0n) is 24.2. The highest BCUT2D eigenvalue weighted by Gasteiger charge is 2.47. The summed E-state index contributed by atoms with van der Waals surface area (Å²) in [5.74, 6) is -0.153. The number of aliphatic carboxylic acids is 1. The molecule has 1 N–H and O–H groups in total. The molecule has 1 unspecified atom stereocenters. The molecule has 0 bridgehead atoms. The van der Waals surface area contributed by atoms with Crippen molar-refractivity contribution in [3.8, 4) is 17.2 Å². The van der Waals surface area contributed by atoms with Crippen molar-refractivity contribution in [1.29, 1.82) is 0 Å². The molecule has 3 atom stereocenters. The van der Waals surface area contributed by atoms with E-state index in [9.17, 15) is 19.5 Å². The number of unbranched alkanes of at least 4 members (excludes halogenated alkanes) is 2. The number of nitrogens with zero attached hydrogens (tertiary/aromatic N) is 3. The molecule has 0 spiro atoms. The van der Waals surface area contributed by atoms with Crippen LogP contribution >= 0.6 is 0 Å². The second-order valence-electron chi connectivity index (χ2n) is 11.1. The molecule has 0 aromatic heterocycles. The molecule has 4 rings (SSSR count). The largest absolute Gasteiger partial charge is 0.493 e. The molecular weight excluding hydrogens is 514 g/mol. The van der Waals surface area contributed by atoms with Gasteiger partial charge in [0.25, 0.3) is 0 Å². The Morgan fingerprint density at radius 2 is 1.88 bits per heavy atom. The Morgan fingerprint density at radius 1 is 1.12 bits per heavy atom. The second-order valence-corrected chi connectivity index (χ2v) is 11.1. The number of benzene rings is 1. The van der Waals surface area contributed by atoms with Gasteiger partial charge in [-0.1, -0.05) is 26.7 Å². The Kier molecular flexibility index (Phi) is 10.5. The van der Waals surface area contributed by atoms with Gasteiger partial charge < -0.3 is 29.1 Å². The number of carbonyl (C=O) groups excluding carboxylic acids is 2. The minimum absolute atomic E-state index is 0.0506. The first-order chi connectivity index (χ1) is 19.4. The predicted molar refractivity (Wildman–Crippen MR) is 150 cm³/mol. The van der Waals surface area contributed by atoms with Crippen LogP contribution in [0, 0.1) is 5.92 Å². The molecule has 40 heavy (non-hydrogen) atoms. The summed E-state index contributed by atoms with van der Waals surface area (Å²) < 4.78 is 16.7. The Hall–Kier alpha value is -3.01. The molecule has 3 aliphatic rings. The number of hydrogen-bond acceptors (Lipinski definition) is 7. The SMILES string of the molecule is CCCCN(CCCC)C(=O)CN1C[C@H](c2cc(OC)c3c(c2)OCO3)C(C(=O)O)[C@@H]1CCCN1CCCC1=O. The van der Waals surface area contributed by atoms with Crippen LogP contribution in [0.1, 0.15) is 76.7 Å². The Labute approximate surface area is 237 Å². The molecule has 2 saturated heterocycles. The summed E-state index contributed by atoms with van der Waals surface area (Å²) >= 11 is 0. The molecular formula is C30H45N3O7. The van der Waals surface area contributed by atoms with Crippen LogP contribution in [0.3, 0.4) is 0 Å². The van der Waals surface area contributed by atoms with Crippen LogP contribution in [0.4, 0.5) is 0 Å². The van der Waals surface area contributed by atoms with E-state index >= 15 is 0 Å². The van der Waals surface area contributed by atoms with Crippen molar-refractivity contribution >= 4 is 17.8 Å². The zero-order valence-corrected chi connectivity index (χ0v) is 24.2. The highest BCUT2D eigenvalue weighted by Crippen LogP contribution is 2.47. The Bertz CT molecular complexity index is 1040. The Morgan fingerprint density at radius 3 is 2.50 bits per heavy atom. The molecule has 222 valence electrons. The molecule has 10 nitrogen and oxygen atoms in total. The van der Waals surface area contributed by atoms with Gasteiger partial charge in [0.1, 0.15) is 0 Å².